The number of ether oxygens (including phenoxy) is 1. The van der Waals surface area contributed by atoms with E-state index in [0.29, 0.717) is 51.9 Å². The summed E-state index contributed by atoms with van der Waals surface area (Å²) in [6.07, 6.45) is 1.20. The molecule has 10 nitrogen and oxygen atoms in total. The van der Waals surface area contributed by atoms with Gasteiger partial charge in [-0.1, -0.05) is 18.2 Å². The number of aromatic nitrogens is 2. The molecular weight excluding hydrogens is 611 g/mol. The number of hydrogen-bond acceptors (Lipinski definition) is 9. The lowest BCUT2D eigenvalue weighted by Gasteiger charge is -2.41. The third-order valence-electron chi connectivity index (χ3n) is 8.05. The van der Waals surface area contributed by atoms with Crippen molar-refractivity contribution in [2.75, 3.05) is 43.4 Å². The molecule has 0 unspecified atom stereocenters. The summed E-state index contributed by atoms with van der Waals surface area (Å²) in [5.74, 6) is -0.541. The number of piperazine rings is 1. The SMILES string of the molecule is C=CC(=O)N1CCN(c2nc(OC[C@@H]3CC(=C(F)F)CN3)nc3cc(-c4cc(N)cc(F)c4Cl)c4ccoc4c23)C[C@@H]1CC#N. The number of carbonyl (C=O) groups is 1. The fourth-order valence-electron chi connectivity index (χ4n) is 5.90. The largest absolute Gasteiger partial charge is 0.463 e. The Morgan fingerprint density at radius 1 is 1.29 bits per heavy atom. The van der Waals surface area contributed by atoms with Gasteiger partial charge in [0.05, 0.1) is 40.7 Å². The molecule has 4 heterocycles. The van der Waals surface area contributed by atoms with Crippen molar-refractivity contribution in [3.63, 3.8) is 0 Å². The maximum atomic E-state index is 14.7. The highest BCUT2D eigenvalue weighted by molar-refractivity contribution is 6.34. The van der Waals surface area contributed by atoms with Gasteiger partial charge in [0.1, 0.15) is 23.8 Å². The number of carbonyl (C=O) groups excluding carboxylic acids is 1. The van der Waals surface area contributed by atoms with E-state index in [0.717, 1.165) is 6.07 Å². The molecule has 2 aromatic heterocycles. The van der Waals surface area contributed by atoms with Gasteiger partial charge < -0.3 is 30.0 Å². The Bertz CT molecular complexity index is 1900. The number of nitriles is 1. The number of hydrogen-bond donors (Lipinski definition) is 2. The number of nitrogen functional groups attached to an aromatic ring is 1. The number of amides is 1. The van der Waals surface area contributed by atoms with E-state index < -0.39 is 17.9 Å². The van der Waals surface area contributed by atoms with Crippen molar-refractivity contribution in [3.8, 4) is 23.2 Å². The van der Waals surface area contributed by atoms with Crippen LogP contribution in [0.5, 0.6) is 6.01 Å². The van der Waals surface area contributed by atoms with Crippen LogP contribution in [0.1, 0.15) is 12.8 Å². The molecule has 2 aliphatic heterocycles. The van der Waals surface area contributed by atoms with Crippen LogP contribution in [0.4, 0.5) is 24.7 Å². The Hall–Kier alpha value is -4.80. The van der Waals surface area contributed by atoms with Crippen LogP contribution in [0, 0.1) is 17.1 Å². The first kappa shape index (κ1) is 30.2. The Labute approximate surface area is 260 Å². The molecule has 3 N–H and O–H groups in total. The van der Waals surface area contributed by atoms with Crippen molar-refractivity contribution >= 4 is 50.9 Å². The lowest BCUT2D eigenvalue weighted by molar-refractivity contribution is -0.128. The minimum Gasteiger partial charge on any atom is -0.463 e. The first-order valence-electron chi connectivity index (χ1n) is 14.1. The van der Waals surface area contributed by atoms with Crippen LogP contribution in [-0.4, -0.2) is 65.6 Å². The average molecular weight is 638 g/mol. The maximum absolute atomic E-state index is 14.7. The first-order valence-corrected chi connectivity index (χ1v) is 14.5. The van der Waals surface area contributed by atoms with Gasteiger partial charge in [0.25, 0.3) is 6.08 Å². The molecule has 0 spiro atoms. The van der Waals surface area contributed by atoms with Crippen LogP contribution in [0.3, 0.4) is 0 Å². The molecule has 2 aliphatic rings. The normalized spacial score (nSPS) is 18.4. The van der Waals surface area contributed by atoms with E-state index in [1.807, 2.05) is 4.90 Å². The molecule has 2 saturated heterocycles. The number of halogens is 4. The van der Waals surface area contributed by atoms with E-state index in [9.17, 15) is 23.2 Å². The number of fused-ring (bicyclic) bond motifs is 3. The van der Waals surface area contributed by atoms with Gasteiger partial charge in [-0.3, -0.25) is 4.79 Å². The van der Waals surface area contributed by atoms with Crippen molar-refractivity contribution < 1.29 is 27.1 Å². The lowest BCUT2D eigenvalue weighted by Crippen LogP contribution is -2.55. The quantitative estimate of drug-likeness (QED) is 0.201. The standard InChI is InChI=1S/C31H27ClF3N7O3/c1-2-25(43)42-7-6-41(14-19(42)3-5-36)30-26-24(39-31(40-30)45-15-18-9-16(13-38-18)29(34)35)12-21(20-4-8-44-28(20)26)22-10-17(37)11-23(33)27(22)32/h2,4,8,10-12,18-19,38H,1,3,6-7,9,13-15,37H2/t18-,19-/m0/s1. The molecule has 45 heavy (non-hydrogen) atoms. The number of nitrogens with zero attached hydrogens (tertiary/aromatic N) is 5. The molecule has 0 bridgehead atoms. The summed E-state index contributed by atoms with van der Waals surface area (Å²) in [6, 6.07) is 7.41. The summed E-state index contributed by atoms with van der Waals surface area (Å²) < 4.78 is 52.8. The molecule has 1 amide bonds. The molecule has 0 aliphatic carbocycles. The number of rotatable bonds is 7. The second kappa shape index (κ2) is 12.3. The second-order valence-electron chi connectivity index (χ2n) is 10.8. The monoisotopic (exact) mass is 637 g/mol. The highest BCUT2D eigenvalue weighted by Gasteiger charge is 2.32. The minimum atomic E-state index is -1.71. The number of anilines is 2. The lowest BCUT2D eigenvalue weighted by atomic mass is 9.98. The minimum absolute atomic E-state index is 0.0164. The van der Waals surface area contributed by atoms with E-state index in [2.05, 4.69) is 22.9 Å². The highest BCUT2D eigenvalue weighted by Crippen LogP contribution is 2.43. The summed E-state index contributed by atoms with van der Waals surface area (Å²) in [5, 5.41) is 13.5. The zero-order valence-corrected chi connectivity index (χ0v) is 24.6. The van der Waals surface area contributed by atoms with Gasteiger partial charge in [-0.2, -0.15) is 24.0 Å². The van der Waals surface area contributed by atoms with E-state index in [4.69, 9.17) is 31.5 Å². The Morgan fingerprint density at radius 2 is 2.11 bits per heavy atom. The molecule has 2 aromatic carbocycles. The predicted molar refractivity (Wildman–Crippen MR) is 163 cm³/mol. The summed E-state index contributed by atoms with van der Waals surface area (Å²) in [7, 11) is 0. The molecule has 4 aromatic rings. The molecule has 2 fully saturated rings. The van der Waals surface area contributed by atoms with Gasteiger partial charge >= 0.3 is 6.01 Å². The van der Waals surface area contributed by atoms with Crippen LogP contribution in [0.2, 0.25) is 5.02 Å². The summed E-state index contributed by atoms with van der Waals surface area (Å²) >= 11 is 6.40. The van der Waals surface area contributed by atoms with E-state index in [1.165, 1.54) is 12.3 Å². The smallest absolute Gasteiger partial charge is 0.319 e. The van der Waals surface area contributed by atoms with Gasteiger partial charge in [-0.15, -0.1) is 0 Å². The molecule has 0 saturated carbocycles. The van der Waals surface area contributed by atoms with E-state index >= 15 is 0 Å². The summed E-state index contributed by atoms with van der Waals surface area (Å²) in [5.41, 5.74) is 7.78. The zero-order chi connectivity index (χ0) is 31.8. The van der Waals surface area contributed by atoms with E-state index in [-0.39, 0.29) is 66.8 Å². The van der Waals surface area contributed by atoms with Crippen molar-refractivity contribution in [1.29, 1.82) is 5.26 Å². The van der Waals surface area contributed by atoms with E-state index in [1.54, 1.807) is 23.1 Å². The molecular formula is C31H27ClF3N7O3. The van der Waals surface area contributed by atoms with Crippen LogP contribution in [0.25, 0.3) is 33.0 Å². The third kappa shape index (κ3) is 5.74. The van der Waals surface area contributed by atoms with Crippen molar-refractivity contribution in [2.24, 2.45) is 0 Å². The van der Waals surface area contributed by atoms with Gasteiger partial charge in [0.15, 0.2) is 0 Å². The number of benzene rings is 2. The van der Waals surface area contributed by atoms with Crippen LogP contribution in [-0.2, 0) is 4.79 Å². The third-order valence-corrected chi connectivity index (χ3v) is 8.43. The number of nitrogens with two attached hydrogens (primary N) is 1. The second-order valence-corrected chi connectivity index (χ2v) is 11.2. The van der Waals surface area contributed by atoms with Crippen LogP contribution >= 0.6 is 11.6 Å². The summed E-state index contributed by atoms with van der Waals surface area (Å²) in [4.78, 5) is 25.4. The molecule has 0 radical (unpaired) electrons. The van der Waals surface area contributed by atoms with Crippen molar-refractivity contribution in [1.82, 2.24) is 20.2 Å². The topological polar surface area (TPSA) is 134 Å². The zero-order valence-electron chi connectivity index (χ0n) is 23.8. The molecule has 14 heteroatoms. The highest BCUT2D eigenvalue weighted by atomic mass is 35.5. The molecule has 232 valence electrons. The Balaban J connectivity index is 1.48. The van der Waals surface area contributed by atoms with Gasteiger partial charge in [0, 0.05) is 54.4 Å². The fourth-order valence-corrected chi connectivity index (χ4v) is 6.11. The van der Waals surface area contributed by atoms with Crippen LogP contribution < -0.4 is 20.7 Å². The van der Waals surface area contributed by atoms with Crippen LogP contribution in [0.15, 0.2) is 59.3 Å². The Kier molecular flexibility index (Phi) is 8.26. The molecule has 2 atom stereocenters. The van der Waals surface area contributed by atoms with Crippen molar-refractivity contribution in [3.05, 3.63) is 65.7 Å². The summed E-state index contributed by atoms with van der Waals surface area (Å²) in [6.45, 7) is 4.58. The van der Waals surface area contributed by atoms with Crippen molar-refractivity contribution in [2.45, 2.75) is 24.9 Å². The molecule has 6 rings (SSSR count). The fraction of sp³-hybridized carbons (Fsp3) is 0.290. The number of nitrogens with one attached hydrogen (secondary N) is 1. The predicted octanol–water partition coefficient (Wildman–Crippen LogP) is 5.43. The Morgan fingerprint density at radius 3 is 2.84 bits per heavy atom. The van der Waals surface area contributed by atoms with Gasteiger partial charge in [-0.25, -0.2) is 4.39 Å². The average Bonchev–Trinajstić information content (AvgIpc) is 3.71. The first-order chi connectivity index (χ1) is 21.7. The maximum Gasteiger partial charge on any atom is 0.319 e. The van der Waals surface area contributed by atoms with Gasteiger partial charge in [0.2, 0.25) is 5.91 Å². The number of furan rings is 1. The van der Waals surface area contributed by atoms with Gasteiger partial charge in [-0.05, 0) is 42.3 Å².